The normalized spacial score (nSPS) is 13.4. The monoisotopic (exact) mass is 361 g/mol. The fraction of sp³-hybridized carbons (Fsp3) is 0.786. The third-order valence-corrected chi connectivity index (χ3v) is 3.93. The molecule has 1 aromatic rings. The summed E-state index contributed by atoms with van der Waals surface area (Å²) in [6, 6.07) is -0.789. The smallest absolute Gasteiger partial charge is 0.234 e. The Labute approximate surface area is 145 Å². The Morgan fingerprint density at radius 2 is 1.92 bits per heavy atom. The van der Waals surface area contributed by atoms with Crippen LogP contribution in [0.2, 0.25) is 0 Å². The quantitative estimate of drug-likeness (QED) is 0.205. The van der Waals surface area contributed by atoms with Crippen LogP contribution in [0.4, 0.5) is 0 Å². The lowest BCUT2D eigenvalue weighted by molar-refractivity contribution is -0.119. The topological polar surface area (TPSA) is 190 Å². The van der Waals surface area contributed by atoms with Gasteiger partial charge in [-0.2, -0.15) is 0 Å². The van der Waals surface area contributed by atoms with Gasteiger partial charge in [0.05, 0.1) is 51.4 Å². The Balaban J connectivity index is 2.73. The van der Waals surface area contributed by atoms with Gasteiger partial charge >= 0.3 is 0 Å². The number of aromatic nitrogens is 3. The van der Waals surface area contributed by atoms with Crippen molar-refractivity contribution in [2.75, 3.05) is 39.6 Å². The first-order chi connectivity index (χ1) is 11.9. The van der Waals surface area contributed by atoms with Gasteiger partial charge in [0.1, 0.15) is 5.54 Å². The van der Waals surface area contributed by atoms with Crippen LogP contribution >= 0.6 is 0 Å². The van der Waals surface area contributed by atoms with Crippen LogP contribution in [-0.4, -0.2) is 87.0 Å². The lowest BCUT2D eigenvalue weighted by Crippen LogP contribution is -2.46. The predicted octanol–water partition coefficient (Wildman–Crippen LogP) is -3.68. The van der Waals surface area contributed by atoms with E-state index >= 15 is 0 Å². The largest absolute Gasteiger partial charge is 0.396 e. The van der Waals surface area contributed by atoms with Crippen LogP contribution in [0.15, 0.2) is 6.20 Å². The van der Waals surface area contributed by atoms with Gasteiger partial charge in [-0.3, -0.25) is 4.79 Å². The summed E-state index contributed by atoms with van der Waals surface area (Å²) in [6.07, 6.45) is 2.18. The number of ether oxygens (including phenoxy) is 1. The summed E-state index contributed by atoms with van der Waals surface area (Å²) in [5.41, 5.74) is 9.93. The number of hydrogen-bond acceptors (Lipinski definition) is 9. The maximum absolute atomic E-state index is 10.9. The van der Waals surface area contributed by atoms with Crippen molar-refractivity contribution in [3.63, 3.8) is 0 Å². The van der Waals surface area contributed by atoms with Crippen molar-refractivity contribution in [1.82, 2.24) is 15.0 Å². The van der Waals surface area contributed by atoms with Crippen LogP contribution in [0.3, 0.4) is 0 Å². The molecular weight excluding hydrogens is 334 g/mol. The fourth-order valence-electron chi connectivity index (χ4n) is 2.02. The molecule has 1 heterocycles. The highest BCUT2D eigenvalue weighted by Crippen LogP contribution is 2.16. The first-order valence-corrected chi connectivity index (χ1v) is 7.90. The highest BCUT2D eigenvalue weighted by atomic mass is 16.5. The number of aliphatic hydroxyl groups excluding tert-OH is 4. The van der Waals surface area contributed by atoms with Crippen molar-refractivity contribution in [1.29, 1.82) is 0 Å². The Morgan fingerprint density at radius 1 is 1.28 bits per heavy atom. The van der Waals surface area contributed by atoms with Crippen molar-refractivity contribution in [3.8, 4) is 0 Å². The van der Waals surface area contributed by atoms with Gasteiger partial charge in [0.2, 0.25) is 5.91 Å². The summed E-state index contributed by atoms with van der Waals surface area (Å²) >= 11 is 0. The van der Waals surface area contributed by atoms with Crippen molar-refractivity contribution in [3.05, 3.63) is 11.9 Å². The minimum atomic E-state index is -1.24. The molecule has 25 heavy (non-hydrogen) atoms. The van der Waals surface area contributed by atoms with E-state index < -0.39 is 36.6 Å². The molecule has 0 saturated heterocycles. The number of rotatable bonds is 13. The summed E-state index contributed by atoms with van der Waals surface area (Å²) < 4.78 is 6.71. The van der Waals surface area contributed by atoms with Gasteiger partial charge in [-0.25, -0.2) is 4.68 Å². The summed E-state index contributed by atoms with van der Waals surface area (Å²) in [4.78, 5) is 10.9. The summed E-state index contributed by atoms with van der Waals surface area (Å²) in [7, 11) is 0. The predicted molar refractivity (Wildman–Crippen MR) is 86.1 cm³/mol. The van der Waals surface area contributed by atoms with Gasteiger partial charge < -0.3 is 36.6 Å². The van der Waals surface area contributed by atoms with E-state index in [0.717, 1.165) is 0 Å². The number of carbonyl (C=O) groups is 1. The molecule has 144 valence electrons. The Hall–Kier alpha value is -1.63. The van der Waals surface area contributed by atoms with Gasteiger partial charge in [-0.1, -0.05) is 5.21 Å². The van der Waals surface area contributed by atoms with Gasteiger partial charge in [-0.15, -0.1) is 5.10 Å². The first kappa shape index (κ1) is 21.4. The number of amides is 1. The van der Waals surface area contributed by atoms with Crippen LogP contribution in [0.5, 0.6) is 0 Å². The van der Waals surface area contributed by atoms with Crippen LogP contribution in [0.1, 0.15) is 12.1 Å². The minimum Gasteiger partial charge on any atom is -0.396 e. The fourth-order valence-corrected chi connectivity index (χ4v) is 2.02. The zero-order chi connectivity index (χ0) is 18.9. The molecule has 0 aliphatic carbocycles. The Morgan fingerprint density at radius 3 is 2.44 bits per heavy atom. The van der Waals surface area contributed by atoms with Crippen molar-refractivity contribution in [2.45, 2.75) is 24.4 Å². The highest BCUT2D eigenvalue weighted by Gasteiger charge is 2.33. The van der Waals surface area contributed by atoms with Gasteiger partial charge in [0.25, 0.3) is 0 Å². The minimum absolute atomic E-state index is 0.0593. The molecule has 1 atom stereocenters. The zero-order valence-corrected chi connectivity index (χ0v) is 14.0. The molecule has 11 heteroatoms. The van der Waals surface area contributed by atoms with E-state index in [-0.39, 0.29) is 26.4 Å². The maximum Gasteiger partial charge on any atom is 0.234 e. The second-order valence-corrected chi connectivity index (χ2v) is 5.99. The molecule has 0 spiro atoms. The molecule has 0 saturated carbocycles. The van der Waals surface area contributed by atoms with Gasteiger partial charge in [-0.05, 0) is 12.8 Å². The Kier molecular flexibility index (Phi) is 8.89. The molecule has 1 aromatic heterocycles. The zero-order valence-electron chi connectivity index (χ0n) is 14.0. The standard InChI is InChI=1S/C14H27N5O6/c15-12(13(16)24)2-1-11-3-19(18-17-11)14(7-22,8-23)9-25-6-10(4-20)5-21/h3,10,12,20-23H,1-2,4-9,15H2,(H2,16,24)/t12-/m1/s1. The number of nitrogens with two attached hydrogens (primary N) is 2. The number of aliphatic hydroxyl groups is 4. The number of aryl methyl sites for hydroxylation is 1. The van der Waals surface area contributed by atoms with Gasteiger partial charge in [0.15, 0.2) is 0 Å². The Bertz CT molecular complexity index is 518. The molecule has 1 rings (SSSR count). The molecule has 0 aliphatic heterocycles. The van der Waals surface area contributed by atoms with Crippen LogP contribution < -0.4 is 11.5 Å². The third-order valence-electron chi connectivity index (χ3n) is 3.93. The van der Waals surface area contributed by atoms with Gasteiger partial charge in [0, 0.05) is 12.1 Å². The van der Waals surface area contributed by atoms with E-state index in [2.05, 4.69) is 10.3 Å². The molecule has 0 fully saturated rings. The highest BCUT2D eigenvalue weighted by molar-refractivity contribution is 5.79. The molecule has 0 aliphatic rings. The van der Waals surface area contributed by atoms with E-state index in [4.69, 9.17) is 26.4 Å². The summed E-state index contributed by atoms with van der Waals surface area (Å²) in [5.74, 6) is -1.06. The first-order valence-electron chi connectivity index (χ1n) is 7.90. The molecule has 11 nitrogen and oxygen atoms in total. The number of nitrogens with zero attached hydrogens (tertiary/aromatic N) is 3. The van der Waals surface area contributed by atoms with Crippen molar-refractivity contribution >= 4 is 5.91 Å². The van der Waals surface area contributed by atoms with Crippen LogP contribution in [0.25, 0.3) is 0 Å². The lowest BCUT2D eigenvalue weighted by Gasteiger charge is -2.29. The van der Waals surface area contributed by atoms with E-state index in [1.165, 1.54) is 10.9 Å². The second kappa shape index (κ2) is 10.4. The van der Waals surface area contributed by atoms with Crippen molar-refractivity contribution in [2.24, 2.45) is 17.4 Å². The molecule has 0 radical (unpaired) electrons. The van der Waals surface area contributed by atoms with E-state index in [0.29, 0.717) is 18.5 Å². The number of hydrogen-bond donors (Lipinski definition) is 6. The molecular formula is C14H27N5O6. The van der Waals surface area contributed by atoms with E-state index in [1.807, 2.05) is 0 Å². The molecule has 0 bridgehead atoms. The number of primary amides is 1. The average Bonchev–Trinajstić information content (AvgIpc) is 3.09. The van der Waals surface area contributed by atoms with Crippen LogP contribution in [0, 0.1) is 5.92 Å². The molecule has 8 N–H and O–H groups in total. The molecule has 1 amide bonds. The average molecular weight is 361 g/mol. The lowest BCUT2D eigenvalue weighted by atomic mass is 10.0. The molecule has 0 aromatic carbocycles. The van der Waals surface area contributed by atoms with E-state index in [9.17, 15) is 15.0 Å². The second-order valence-electron chi connectivity index (χ2n) is 5.99. The summed E-state index contributed by atoms with van der Waals surface area (Å²) in [5, 5.41) is 45.3. The number of carbonyl (C=O) groups excluding carboxylic acids is 1. The third kappa shape index (κ3) is 5.99. The maximum atomic E-state index is 10.9. The SMILES string of the molecule is NC(=O)[C@H](N)CCc1cn(C(CO)(CO)COCC(CO)CO)nn1. The summed E-state index contributed by atoms with van der Waals surface area (Å²) in [6.45, 7) is -1.44. The van der Waals surface area contributed by atoms with Crippen LogP contribution in [-0.2, 0) is 21.5 Å². The van der Waals surface area contributed by atoms with Crippen molar-refractivity contribution < 1.29 is 30.0 Å². The molecule has 0 unspecified atom stereocenters. The van der Waals surface area contributed by atoms with E-state index in [1.54, 1.807) is 0 Å².